The Balaban J connectivity index is 1.72. The molecule has 9 unspecified atom stereocenters. The lowest BCUT2D eigenvalue weighted by molar-refractivity contribution is -0.137. The van der Waals surface area contributed by atoms with Crippen LogP contribution in [0.5, 0.6) is 0 Å². The average Bonchev–Trinajstić information content (AvgIpc) is 2.99. The molecule has 4 aliphatic rings. The molecule has 0 aromatic rings. The summed E-state index contributed by atoms with van der Waals surface area (Å²) >= 11 is 0. The highest BCUT2D eigenvalue weighted by Crippen LogP contribution is 2.70. The third-order valence-corrected chi connectivity index (χ3v) is 9.34. The molecule has 4 fully saturated rings. The van der Waals surface area contributed by atoms with Gasteiger partial charge in [-0.2, -0.15) is 0 Å². The number of aliphatic hydroxyl groups is 2. The van der Waals surface area contributed by atoms with Gasteiger partial charge in [0.1, 0.15) is 11.2 Å². The van der Waals surface area contributed by atoms with Crippen molar-refractivity contribution in [2.45, 2.75) is 76.9 Å². The molecule has 4 saturated carbocycles. The summed E-state index contributed by atoms with van der Waals surface area (Å²) in [6.45, 7) is 6.99. The van der Waals surface area contributed by atoms with Crippen molar-refractivity contribution in [3.8, 4) is 24.7 Å². The van der Waals surface area contributed by atoms with E-state index in [-0.39, 0.29) is 10.8 Å². The minimum Gasteiger partial charge on any atom is -0.378 e. The van der Waals surface area contributed by atoms with Crippen molar-refractivity contribution in [3.05, 3.63) is 0 Å². The van der Waals surface area contributed by atoms with Crippen LogP contribution in [0.2, 0.25) is 0 Å². The van der Waals surface area contributed by atoms with Crippen molar-refractivity contribution in [3.63, 3.8) is 0 Å². The van der Waals surface area contributed by atoms with Crippen LogP contribution in [0.4, 0.5) is 0 Å². The van der Waals surface area contributed by atoms with E-state index in [0.29, 0.717) is 29.6 Å². The molecule has 0 aromatic heterocycles. The van der Waals surface area contributed by atoms with Gasteiger partial charge in [-0.15, -0.1) is 12.8 Å². The normalized spacial score (nSPS) is 60.0. The quantitative estimate of drug-likeness (QED) is 0.661. The van der Waals surface area contributed by atoms with Crippen molar-refractivity contribution >= 4 is 0 Å². The van der Waals surface area contributed by atoms with Crippen molar-refractivity contribution < 1.29 is 10.2 Å². The summed E-state index contributed by atoms with van der Waals surface area (Å²) in [6.07, 6.45) is 17.9. The van der Waals surface area contributed by atoms with Crippen LogP contribution in [-0.4, -0.2) is 21.4 Å². The van der Waals surface area contributed by atoms with E-state index >= 15 is 0 Å². The molecule has 4 rings (SSSR count). The van der Waals surface area contributed by atoms with Crippen LogP contribution in [0, 0.1) is 65.1 Å². The monoisotopic (exact) mass is 340 g/mol. The molecule has 0 spiro atoms. The fraction of sp³-hybridized carbons (Fsp3) is 0.826. The summed E-state index contributed by atoms with van der Waals surface area (Å²) in [5, 5.41) is 21.9. The second-order valence-corrected chi connectivity index (χ2v) is 10.3. The van der Waals surface area contributed by atoms with E-state index in [4.69, 9.17) is 12.8 Å². The summed E-state index contributed by atoms with van der Waals surface area (Å²) in [5.41, 5.74) is -1.92. The first-order valence-electron chi connectivity index (χ1n) is 10.0. The molecule has 0 radical (unpaired) electrons. The Bertz CT molecular complexity index is 671. The van der Waals surface area contributed by atoms with Crippen LogP contribution in [0.15, 0.2) is 0 Å². The molecule has 4 aliphatic carbocycles. The van der Waals surface area contributed by atoms with Crippen LogP contribution in [0.1, 0.15) is 65.7 Å². The standard InChI is InChI=1S/C23H32O2/c1-6-22(24)13-16-12-15(3)19-17(20(16,4)14-22)8-10-21(5)18(19)9-11-23(21,25)7-2/h1-2,15-19,24-25H,8-14H2,3-5H3. The van der Waals surface area contributed by atoms with E-state index in [2.05, 4.69) is 32.6 Å². The van der Waals surface area contributed by atoms with Crippen molar-refractivity contribution in [1.82, 2.24) is 0 Å². The summed E-state index contributed by atoms with van der Waals surface area (Å²) in [7, 11) is 0. The zero-order valence-electron chi connectivity index (χ0n) is 15.9. The lowest BCUT2D eigenvalue weighted by atomic mass is 9.45. The molecule has 2 nitrogen and oxygen atoms in total. The van der Waals surface area contributed by atoms with Crippen LogP contribution in [-0.2, 0) is 0 Å². The zero-order chi connectivity index (χ0) is 18.3. The summed E-state index contributed by atoms with van der Waals surface area (Å²) in [4.78, 5) is 0. The van der Waals surface area contributed by atoms with E-state index in [0.717, 1.165) is 44.9 Å². The van der Waals surface area contributed by atoms with Gasteiger partial charge in [0.2, 0.25) is 0 Å². The number of terminal acetylenes is 2. The fourth-order valence-corrected chi connectivity index (χ4v) is 8.00. The maximum Gasteiger partial charge on any atom is 0.130 e. The Morgan fingerprint density at radius 1 is 1.00 bits per heavy atom. The van der Waals surface area contributed by atoms with Crippen LogP contribution < -0.4 is 0 Å². The van der Waals surface area contributed by atoms with E-state index in [1.165, 1.54) is 0 Å². The van der Waals surface area contributed by atoms with Gasteiger partial charge in [0.25, 0.3) is 0 Å². The largest absolute Gasteiger partial charge is 0.378 e. The van der Waals surface area contributed by atoms with Gasteiger partial charge in [-0.3, -0.25) is 0 Å². The number of hydrogen-bond acceptors (Lipinski definition) is 2. The van der Waals surface area contributed by atoms with Crippen LogP contribution >= 0.6 is 0 Å². The molecule has 0 amide bonds. The van der Waals surface area contributed by atoms with E-state index in [1.807, 2.05) is 0 Å². The van der Waals surface area contributed by atoms with Gasteiger partial charge in [-0.1, -0.05) is 32.6 Å². The third kappa shape index (κ3) is 2.02. The summed E-state index contributed by atoms with van der Waals surface area (Å²) < 4.78 is 0. The molecule has 0 aliphatic heterocycles. The minimum atomic E-state index is -0.949. The lowest BCUT2D eigenvalue weighted by Crippen LogP contribution is -2.56. The Morgan fingerprint density at radius 2 is 1.68 bits per heavy atom. The first kappa shape index (κ1) is 17.5. The molecule has 0 saturated heterocycles. The van der Waals surface area contributed by atoms with Gasteiger partial charge in [0.15, 0.2) is 0 Å². The molecule has 25 heavy (non-hydrogen) atoms. The first-order valence-corrected chi connectivity index (χ1v) is 10.0. The second-order valence-electron chi connectivity index (χ2n) is 10.3. The number of rotatable bonds is 0. The van der Waals surface area contributed by atoms with Crippen LogP contribution in [0.3, 0.4) is 0 Å². The highest BCUT2D eigenvalue weighted by atomic mass is 16.3. The predicted molar refractivity (Wildman–Crippen MR) is 99.2 cm³/mol. The van der Waals surface area contributed by atoms with Gasteiger partial charge in [-0.05, 0) is 80.0 Å². The lowest BCUT2D eigenvalue weighted by Gasteiger charge is -2.60. The molecule has 2 heteroatoms. The van der Waals surface area contributed by atoms with Crippen molar-refractivity contribution in [2.24, 2.45) is 40.4 Å². The van der Waals surface area contributed by atoms with Gasteiger partial charge < -0.3 is 10.2 Å². The molecule has 0 heterocycles. The SMILES string of the molecule is C#CC1(O)CC2CC(C)C3C(CCC4(C)C3CCC4(O)C#C)C2(C)C1. The smallest absolute Gasteiger partial charge is 0.130 e. The van der Waals surface area contributed by atoms with E-state index < -0.39 is 11.2 Å². The maximum absolute atomic E-state index is 11.1. The number of fused-ring (bicyclic) bond motifs is 5. The highest BCUT2D eigenvalue weighted by Gasteiger charge is 2.67. The second kappa shape index (κ2) is 5.06. The molecule has 0 bridgehead atoms. The Kier molecular flexibility index (Phi) is 3.53. The predicted octanol–water partition coefficient (Wildman–Crippen LogP) is 3.61. The van der Waals surface area contributed by atoms with Crippen LogP contribution in [0.25, 0.3) is 0 Å². The summed E-state index contributed by atoms with van der Waals surface area (Å²) in [6, 6.07) is 0. The van der Waals surface area contributed by atoms with Gasteiger partial charge >= 0.3 is 0 Å². The van der Waals surface area contributed by atoms with Gasteiger partial charge in [0, 0.05) is 5.41 Å². The third-order valence-electron chi connectivity index (χ3n) is 9.34. The fourth-order valence-electron chi connectivity index (χ4n) is 8.00. The highest BCUT2D eigenvalue weighted by molar-refractivity contribution is 5.25. The van der Waals surface area contributed by atoms with Gasteiger partial charge in [-0.25, -0.2) is 0 Å². The topological polar surface area (TPSA) is 40.5 Å². The number of hydrogen-bond donors (Lipinski definition) is 2. The average molecular weight is 341 g/mol. The van der Waals surface area contributed by atoms with Crippen molar-refractivity contribution in [2.75, 3.05) is 0 Å². The van der Waals surface area contributed by atoms with Crippen molar-refractivity contribution in [1.29, 1.82) is 0 Å². The maximum atomic E-state index is 11.1. The Hall–Kier alpha value is -0.960. The molecule has 2 N–H and O–H groups in total. The first-order chi connectivity index (χ1) is 11.6. The van der Waals surface area contributed by atoms with E-state index in [1.54, 1.807) is 0 Å². The molecular formula is C23H32O2. The molecule has 9 atom stereocenters. The Labute approximate surface area is 152 Å². The Morgan fingerprint density at radius 3 is 2.32 bits per heavy atom. The minimum absolute atomic E-state index is 0.122. The molecular weight excluding hydrogens is 308 g/mol. The molecule has 136 valence electrons. The summed E-state index contributed by atoms with van der Waals surface area (Å²) in [5.74, 6) is 8.23. The molecule has 0 aromatic carbocycles. The van der Waals surface area contributed by atoms with E-state index in [9.17, 15) is 10.2 Å². The zero-order valence-corrected chi connectivity index (χ0v) is 15.9. The van der Waals surface area contributed by atoms with Gasteiger partial charge in [0.05, 0.1) is 0 Å².